The maximum absolute atomic E-state index is 12.5. The molecule has 2 aliphatic heterocycles. The molecular formula is C17H18N2OS. The standard InChI is InChI=1S/C17H18N2OS/c18-11-13-5-4-6-14(9-13)16-10-15(12-21-16)17(20)19-7-2-1-3-8-19/h4-6,9,12,16H,1-3,7-8,10H2. The monoisotopic (exact) mass is 298 g/mol. The second kappa shape index (κ2) is 6.36. The van der Waals surface area contributed by atoms with Crippen LogP contribution in [0.25, 0.3) is 0 Å². The van der Waals surface area contributed by atoms with Crippen molar-refractivity contribution in [3.63, 3.8) is 0 Å². The van der Waals surface area contributed by atoms with Crippen molar-refractivity contribution in [3.05, 3.63) is 46.4 Å². The van der Waals surface area contributed by atoms with Crippen LogP contribution in [0.3, 0.4) is 0 Å². The maximum Gasteiger partial charge on any atom is 0.250 e. The molecule has 2 heterocycles. The summed E-state index contributed by atoms with van der Waals surface area (Å²) in [6.07, 6.45) is 4.26. The van der Waals surface area contributed by atoms with Crippen LogP contribution in [-0.4, -0.2) is 23.9 Å². The highest BCUT2D eigenvalue weighted by atomic mass is 32.2. The van der Waals surface area contributed by atoms with Crippen LogP contribution in [-0.2, 0) is 4.79 Å². The molecule has 1 unspecified atom stereocenters. The van der Waals surface area contributed by atoms with Gasteiger partial charge in [-0.05, 0) is 48.8 Å². The SMILES string of the molecule is N#Cc1cccc(C2CC(C(=O)N3CCCCC3)=CS2)c1. The summed E-state index contributed by atoms with van der Waals surface area (Å²) in [7, 11) is 0. The predicted molar refractivity (Wildman–Crippen MR) is 84.6 cm³/mol. The highest BCUT2D eigenvalue weighted by Gasteiger charge is 2.27. The highest BCUT2D eigenvalue weighted by Crippen LogP contribution is 2.43. The zero-order valence-electron chi connectivity index (χ0n) is 11.9. The van der Waals surface area contributed by atoms with Crippen LogP contribution in [0.1, 0.15) is 42.1 Å². The Kier molecular flexibility index (Phi) is 4.31. The van der Waals surface area contributed by atoms with Crippen molar-refractivity contribution in [1.82, 2.24) is 4.90 Å². The molecule has 1 aromatic rings. The van der Waals surface area contributed by atoms with E-state index in [1.165, 1.54) is 6.42 Å². The molecule has 1 amide bonds. The van der Waals surface area contributed by atoms with E-state index in [-0.39, 0.29) is 11.2 Å². The first-order valence-corrected chi connectivity index (χ1v) is 8.36. The molecule has 0 spiro atoms. The van der Waals surface area contributed by atoms with Gasteiger partial charge in [0.2, 0.25) is 5.91 Å². The molecule has 1 atom stereocenters. The quantitative estimate of drug-likeness (QED) is 0.837. The van der Waals surface area contributed by atoms with Gasteiger partial charge in [0.15, 0.2) is 0 Å². The molecule has 4 heteroatoms. The van der Waals surface area contributed by atoms with E-state index >= 15 is 0 Å². The van der Waals surface area contributed by atoms with Gasteiger partial charge in [0.1, 0.15) is 0 Å². The molecule has 0 aliphatic carbocycles. The lowest BCUT2D eigenvalue weighted by molar-refractivity contribution is -0.128. The average Bonchev–Trinajstić information content (AvgIpc) is 3.05. The minimum atomic E-state index is 0.209. The van der Waals surface area contributed by atoms with Crippen LogP contribution in [0.5, 0.6) is 0 Å². The summed E-state index contributed by atoms with van der Waals surface area (Å²) in [5.41, 5.74) is 2.75. The van der Waals surface area contributed by atoms with E-state index < -0.39 is 0 Å². The number of carbonyl (C=O) groups is 1. The van der Waals surface area contributed by atoms with Gasteiger partial charge in [-0.1, -0.05) is 12.1 Å². The fourth-order valence-corrected chi connectivity index (χ4v) is 4.01. The van der Waals surface area contributed by atoms with Crippen molar-refractivity contribution in [2.75, 3.05) is 13.1 Å². The summed E-state index contributed by atoms with van der Waals surface area (Å²) in [5, 5.41) is 11.3. The molecular weight excluding hydrogens is 280 g/mol. The number of benzene rings is 1. The number of nitrogens with zero attached hydrogens (tertiary/aromatic N) is 2. The molecule has 0 saturated carbocycles. The fourth-order valence-electron chi connectivity index (χ4n) is 2.90. The van der Waals surface area contributed by atoms with Crippen molar-refractivity contribution < 1.29 is 4.79 Å². The molecule has 0 N–H and O–H groups in total. The lowest BCUT2D eigenvalue weighted by Gasteiger charge is -2.27. The van der Waals surface area contributed by atoms with Gasteiger partial charge in [-0.2, -0.15) is 5.26 Å². The molecule has 108 valence electrons. The van der Waals surface area contributed by atoms with Crippen LogP contribution in [0.4, 0.5) is 0 Å². The lowest BCUT2D eigenvalue weighted by Crippen LogP contribution is -2.36. The normalized spacial score (nSPS) is 21.8. The van der Waals surface area contributed by atoms with Gasteiger partial charge < -0.3 is 4.90 Å². The first-order chi connectivity index (χ1) is 10.3. The number of rotatable bonds is 2. The minimum absolute atomic E-state index is 0.209. The Bertz CT molecular complexity index is 611. The molecule has 0 aromatic heterocycles. The highest BCUT2D eigenvalue weighted by molar-refractivity contribution is 8.02. The molecule has 1 aromatic carbocycles. The van der Waals surface area contributed by atoms with E-state index in [9.17, 15) is 4.79 Å². The van der Waals surface area contributed by atoms with Crippen molar-refractivity contribution >= 4 is 17.7 Å². The zero-order valence-corrected chi connectivity index (χ0v) is 12.7. The Morgan fingerprint density at radius 1 is 1.29 bits per heavy atom. The van der Waals surface area contributed by atoms with Gasteiger partial charge in [-0.25, -0.2) is 0 Å². The van der Waals surface area contributed by atoms with Crippen molar-refractivity contribution in [3.8, 4) is 6.07 Å². The van der Waals surface area contributed by atoms with Crippen molar-refractivity contribution in [2.45, 2.75) is 30.9 Å². The van der Waals surface area contributed by atoms with E-state index in [0.717, 1.165) is 43.5 Å². The van der Waals surface area contributed by atoms with Crippen LogP contribution in [0.15, 0.2) is 35.2 Å². The Hall–Kier alpha value is -1.73. The molecule has 3 rings (SSSR count). The number of thioether (sulfide) groups is 1. The molecule has 1 saturated heterocycles. The van der Waals surface area contributed by atoms with E-state index in [2.05, 4.69) is 6.07 Å². The zero-order chi connectivity index (χ0) is 14.7. The van der Waals surface area contributed by atoms with Gasteiger partial charge in [0.05, 0.1) is 11.6 Å². The minimum Gasteiger partial charge on any atom is -0.339 e. The number of hydrogen-bond donors (Lipinski definition) is 0. The van der Waals surface area contributed by atoms with Gasteiger partial charge in [-0.3, -0.25) is 4.79 Å². The van der Waals surface area contributed by atoms with Gasteiger partial charge >= 0.3 is 0 Å². The third-order valence-corrected chi connectivity index (χ3v) is 5.27. The first kappa shape index (κ1) is 14.2. The summed E-state index contributed by atoms with van der Waals surface area (Å²) >= 11 is 1.70. The third kappa shape index (κ3) is 3.14. The van der Waals surface area contributed by atoms with E-state index in [4.69, 9.17) is 5.26 Å². The summed E-state index contributed by atoms with van der Waals surface area (Å²) < 4.78 is 0. The van der Waals surface area contributed by atoms with Gasteiger partial charge in [0, 0.05) is 23.9 Å². The second-order valence-corrected chi connectivity index (χ2v) is 6.64. The summed E-state index contributed by atoms with van der Waals surface area (Å²) in [4.78, 5) is 14.5. The second-order valence-electron chi connectivity index (χ2n) is 5.56. The molecule has 21 heavy (non-hydrogen) atoms. The topological polar surface area (TPSA) is 44.1 Å². The van der Waals surface area contributed by atoms with E-state index in [0.29, 0.717) is 5.56 Å². The van der Waals surface area contributed by atoms with Crippen LogP contribution in [0.2, 0.25) is 0 Å². The molecule has 1 fully saturated rings. The summed E-state index contributed by atoms with van der Waals surface area (Å²) in [6, 6.07) is 9.88. The van der Waals surface area contributed by atoms with E-state index in [1.54, 1.807) is 11.8 Å². The number of likely N-dealkylation sites (tertiary alicyclic amines) is 1. The smallest absolute Gasteiger partial charge is 0.250 e. The Labute approximate surface area is 129 Å². The van der Waals surface area contributed by atoms with Crippen LogP contribution >= 0.6 is 11.8 Å². The van der Waals surface area contributed by atoms with Gasteiger partial charge in [0.25, 0.3) is 0 Å². The number of piperidine rings is 1. The van der Waals surface area contributed by atoms with Gasteiger partial charge in [-0.15, -0.1) is 11.8 Å². The summed E-state index contributed by atoms with van der Waals surface area (Å²) in [5.74, 6) is 0.209. The van der Waals surface area contributed by atoms with Crippen LogP contribution < -0.4 is 0 Å². The maximum atomic E-state index is 12.5. The number of carbonyl (C=O) groups excluding carboxylic acids is 1. The van der Waals surface area contributed by atoms with Crippen molar-refractivity contribution in [2.24, 2.45) is 0 Å². The fraction of sp³-hybridized carbons (Fsp3) is 0.412. The number of nitriles is 1. The Morgan fingerprint density at radius 2 is 2.10 bits per heavy atom. The lowest BCUT2D eigenvalue weighted by atomic mass is 10.0. The molecule has 2 aliphatic rings. The molecule has 0 radical (unpaired) electrons. The Morgan fingerprint density at radius 3 is 2.86 bits per heavy atom. The third-order valence-electron chi connectivity index (χ3n) is 4.09. The summed E-state index contributed by atoms with van der Waals surface area (Å²) in [6.45, 7) is 1.80. The van der Waals surface area contributed by atoms with Crippen LogP contribution in [0, 0.1) is 11.3 Å². The average molecular weight is 298 g/mol. The largest absolute Gasteiger partial charge is 0.339 e. The van der Waals surface area contributed by atoms with Crippen molar-refractivity contribution in [1.29, 1.82) is 5.26 Å². The van der Waals surface area contributed by atoms with E-state index in [1.807, 2.05) is 34.6 Å². The first-order valence-electron chi connectivity index (χ1n) is 7.42. The Balaban J connectivity index is 1.66. The molecule has 3 nitrogen and oxygen atoms in total. The number of hydrogen-bond acceptors (Lipinski definition) is 3. The molecule has 0 bridgehead atoms. The number of amides is 1. The predicted octanol–water partition coefficient (Wildman–Crippen LogP) is 3.63.